The predicted octanol–water partition coefficient (Wildman–Crippen LogP) is 2.49. The molecule has 0 aliphatic rings. The van der Waals surface area contributed by atoms with Gasteiger partial charge in [-0.2, -0.15) is 0 Å². The lowest BCUT2D eigenvalue weighted by molar-refractivity contribution is -0.114. The number of nitrogens with one attached hydrogen (secondary N) is 1. The second-order valence-electron chi connectivity index (χ2n) is 6.18. The summed E-state index contributed by atoms with van der Waals surface area (Å²) in [6.45, 7) is 3.28. The van der Waals surface area contributed by atoms with E-state index in [9.17, 15) is 18.0 Å². The number of carbonyl (C=O) groups is 2. The normalized spacial score (nSPS) is 11.0. The topological polar surface area (TPSA) is 92.8 Å². The van der Waals surface area contributed by atoms with Gasteiger partial charge in [0.05, 0.1) is 24.6 Å². The molecule has 8 heteroatoms. The van der Waals surface area contributed by atoms with Gasteiger partial charge in [0, 0.05) is 5.69 Å². The van der Waals surface area contributed by atoms with Crippen LogP contribution in [0.3, 0.4) is 0 Å². The van der Waals surface area contributed by atoms with Gasteiger partial charge in [-0.25, -0.2) is 13.2 Å². The summed E-state index contributed by atoms with van der Waals surface area (Å²) in [6, 6.07) is 11.5. The molecule has 0 spiro atoms. The van der Waals surface area contributed by atoms with Crippen LogP contribution >= 0.6 is 0 Å². The molecular weight excluding hydrogens is 368 g/mol. The van der Waals surface area contributed by atoms with Crippen molar-refractivity contribution in [3.05, 3.63) is 59.2 Å². The molecular formula is C19H22N2O5S. The Labute approximate surface area is 159 Å². The van der Waals surface area contributed by atoms with E-state index in [1.165, 1.54) is 19.2 Å². The highest BCUT2D eigenvalue weighted by molar-refractivity contribution is 7.92. The van der Waals surface area contributed by atoms with Crippen LogP contribution in [0.1, 0.15) is 21.5 Å². The lowest BCUT2D eigenvalue weighted by Gasteiger charge is -2.24. The molecule has 2 aromatic carbocycles. The Hall–Kier alpha value is -2.87. The molecule has 0 fully saturated rings. The molecule has 27 heavy (non-hydrogen) atoms. The summed E-state index contributed by atoms with van der Waals surface area (Å²) in [5.41, 5.74) is 2.91. The number of benzene rings is 2. The van der Waals surface area contributed by atoms with Crippen LogP contribution in [-0.4, -0.2) is 40.2 Å². The fourth-order valence-electron chi connectivity index (χ4n) is 2.51. The van der Waals surface area contributed by atoms with E-state index in [1.807, 2.05) is 19.1 Å². The van der Waals surface area contributed by atoms with Crippen LogP contribution in [0, 0.1) is 13.8 Å². The van der Waals surface area contributed by atoms with Gasteiger partial charge in [-0.15, -0.1) is 0 Å². The fourth-order valence-corrected chi connectivity index (χ4v) is 3.41. The zero-order chi connectivity index (χ0) is 20.2. The number of amides is 1. The number of esters is 1. The smallest absolute Gasteiger partial charge is 0.337 e. The summed E-state index contributed by atoms with van der Waals surface area (Å²) in [7, 11) is -2.37. The summed E-state index contributed by atoms with van der Waals surface area (Å²) in [6.07, 6.45) is 1.06. The number of rotatable bonds is 6. The number of nitrogens with zero attached hydrogens (tertiary/aromatic N) is 1. The third kappa shape index (κ3) is 5.30. The molecule has 0 saturated heterocycles. The molecule has 2 rings (SSSR count). The Balaban J connectivity index is 2.20. The maximum atomic E-state index is 12.4. The van der Waals surface area contributed by atoms with Crippen molar-refractivity contribution in [2.45, 2.75) is 13.8 Å². The van der Waals surface area contributed by atoms with Crippen molar-refractivity contribution in [3.63, 3.8) is 0 Å². The highest BCUT2D eigenvalue weighted by Crippen LogP contribution is 2.24. The molecule has 1 N–H and O–H groups in total. The first-order chi connectivity index (χ1) is 12.6. The van der Waals surface area contributed by atoms with E-state index in [0.29, 0.717) is 16.9 Å². The average molecular weight is 390 g/mol. The number of hydrogen-bond acceptors (Lipinski definition) is 5. The van der Waals surface area contributed by atoms with Crippen LogP contribution in [0.25, 0.3) is 0 Å². The Morgan fingerprint density at radius 3 is 2.26 bits per heavy atom. The quantitative estimate of drug-likeness (QED) is 0.765. The second-order valence-corrected chi connectivity index (χ2v) is 8.08. The summed E-state index contributed by atoms with van der Waals surface area (Å²) in [4.78, 5) is 23.8. The molecule has 0 atom stereocenters. The largest absolute Gasteiger partial charge is 0.465 e. The van der Waals surface area contributed by atoms with E-state index in [0.717, 1.165) is 21.7 Å². The summed E-state index contributed by atoms with van der Waals surface area (Å²) in [5.74, 6) is -0.974. The molecule has 0 radical (unpaired) electrons. The molecule has 2 aromatic rings. The highest BCUT2D eigenvalue weighted by atomic mass is 32.2. The number of sulfonamides is 1. The fraction of sp³-hybridized carbons (Fsp3) is 0.263. The number of carbonyl (C=O) groups excluding carboxylic acids is 2. The Kier molecular flexibility index (Phi) is 6.22. The van der Waals surface area contributed by atoms with E-state index in [-0.39, 0.29) is 6.54 Å². The van der Waals surface area contributed by atoms with E-state index in [1.54, 1.807) is 25.1 Å². The number of anilines is 2. The standard InChI is InChI=1S/C19H22N2O5S/c1-13-5-6-14(2)17(11-13)21(27(4,24)25)12-18(22)20-16-9-7-15(8-10-16)19(23)26-3/h5-11H,12H2,1-4H3,(H,20,22). The Morgan fingerprint density at radius 2 is 1.70 bits per heavy atom. The molecule has 0 aliphatic heterocycles. The molecule has 0 saturated carbocycles. The van der Waals surface area contributed by atoms with Crippen molar-refractivity contribution in [3.8, 4) is 0 Å². The second kappa shape index (κ2) is 8.22. The zero-order valence-electron chi connectivity index (χ0n) is 15.6. The lowest BCUT2D eigenvalue weighted by Crippen LogP contribution is -2.37. The molecule has 1 amide bonds. The van der Waals surface area contributed by atoms with Crippen LogP contribution in [0.15, 0.2) is 42.5 Å². The first-order valence-corrected chi connectivity index (χ1v) is 10.00. The summed E-state index contributed by atoms with van der Waals surface area (Å²) < 4.78 is 30.2. The van der Waals surface area contributed by atoms with E-state index < -0.39 is 21.9 Å². The van der Waals surface area contributed by atoms with Crippen LogP contribution in [-0.2, 0) is 19.6 Å². The third-order valence-corrected chi connectivity index (χ3v) is 5.04. The first kappa shape index (κ1) is 20.4. The zero-order valence-corrected chi connectivity index (χ0v) is 16.5. The van der Waals surface area contributed by atoms with Gasteiger partial charge in [-0.3, -0.25) is 9.10 Å². The minimum absolute atomic E-state index is 0.351. The van der Waals surface area contributed by atoms with Crippen molar-refractivity contribution < 1.29 is 22.7 Å². The Morgan fingerprint density at radius 1 is 1.07 bits per heavy atom. The third-order valence-electron chi connectivity index (χ3n) is 3.91. The summed E-state index contributed by atoms with van der Waals surface area (Å²) in [5, 5.41) is 2.64. The Bertz CT molecular complexity index is 953. The van der Waals surface area contributed by atoms with Gasteiger partial charge in [0.2, 0.25) is 15.9 Å². The van der Waals surface area contributed by atoms with Crippen LogP contribution in [0.2, 0.25) is 0 Å². The van der Waals surface area contributed by atoms with Crippen LogP contribution < -0.4 is 9.62 Å². The molecule has 0 unspecified atom stereocenters. The van der Waals surface area contributed by atoms with E-state index in [4.69, 9.17) is 0 Å². The maximum absolute atomic E-state index is 12.4. The highest BCUT2D eigenvalue weighted by Gasteiger charge is 2.22. The van der Waals surface area contributed by atoms with Gasteiger partial charge in [-0.1, -0.05) is 12.1 Å². The molecule has 0 heterocycles. The first-order valence-electron chi connectivity index (χ1n) is 8.15. The van der Waals surface area contributed by atoms with Crippen molar-refractivity contribution in [1.29, 1.82) is 0 Å². The monoisotopic (exact) mass is 390 g/mol. The van der Waals surface area contributed by atoms with Crippen molar-refractivity contribution in [2.75, 3.05) is 29.5 Å². The molecule has 7 nitrogen and oxygen atoms in total. The number of hydrogen-bond donors (Lipinski definition) is 1. The maximum Gasteiger partial charge on any atom is 0.337 e. The molecule has 0 aliphatic carbocycles. The van der Waals surface area contributed by atoms with Crippen molar-refractivity contribution >= 4 is 33.3 Å². The van der Waals surface area contributed by atoms with Gasteiger partial charge in [0.1, 0.15) is 6.54 Å². The van der Waals surface area contributed by atoms with Gasteiger partial charge in [0.25, 0.3) is 0 Å². The number of ether oxygens (including phenoxy) is 1. The minimum Gasteiger partial charge on any atom is -0.465 e. The number of methoxy groups -OCH3 is 1. The van der Waals surface area contributed by atoms with Gasteiger partial charge >= 0.3 is 5.97 Å². The van der Waals surface area contributed by atoms with E-state index in [2.05, 4.69) is 10.1 Å². The van der Waals surface area contributed by atoms with Gasteiger partial charge < -0.3 is 10.1 Å². The van der Waals surface area contributed by atoms with Crippen molar-refractivity contribution in [1.82, 2.24) is 0 Å². The lowest BCUT2D eigenvalue weighted by atomic mass is 10.1. The summed E-state index contributed by atoms with van der Waals surface area (Å²) >= 11 is 0. The average Bonchev–Trinajstić information content (AvgIpc) is 2.61. The molecule has 0 aromatic heterocycles. The van der Waals surface area contributed by atoms with Crippen molar-refractivity contribution in [2.24, 2.45) is 0 Å². The molecule has 144 valence electrons. The number of aryl methyl sites for hydroxylation is 2. The van der Waals surface area contributed by atoms with E-state index >= 15 is 0 Å². The van der Waals surface area contributed by atoms with Gasteiger partial charge in [0.15, 0.2) is 0 Å². The van der Waals surface area contributed by atoms with Crippen LogP contribution in [0.5, 0.6) is 0 Å². The van der Waals surface area contributed by atoms with Crippen LogP contribution in [0.4, 0.5) is 11.4 Å². The minimum atomic E-state index is -3.65. The molecule has 0 bridgehead atoms. The predicted molar refractivity (Wildman–Crippen MR) is 105 cm³/mol. The SMILES string of the molecule is COC(=O)c1ccc(NC(=O)CN(c2cc(C)ccc2C)S(C)(=O)=O)cc1. The van der Waals surface area contributed by atoms with Gasteiger partial charge in [-0.05, 0) is 55.3 Å².